The second kappa shape index (κ2) is 8.17. The summed E-state index contributed by atoms with van der Waals surface area (Å²) in [7, 11) is 0. The first-order chi connectivity index (χ1) is 13.6. The predicted molar refractivity (Wildman–Crippen MR) is 109 cm³/mol. The summed E-state index contributed by atoms with van der Waals surface area (Å²) in [6, 6.07) is 15.2. The van der Waals surface area contributed by atoms with Crippen molar-refractivity contribution in [3.63, 3.8) is 0 Å². The van der Waals surface area contributed by atoms with Crippen molar-refractivity contribution in [3.05, 3.63) is 70.9 Å². The molecule has 6 heteroatoms. The smallest absolute Gasteiger partial charge is 0.255 e. The van der Waals surface area contributed by atoms with Crippen LogP contribution < -0.4 is 4.74 Å². The minimum Gasteiger partial charge on any atom is -0.491 e. The number of para-hydroxylation sites is 1. The first-order valence-electron chi connectivity index (χ1n) is 9.25. The molecule has 3 aromatic rings. The number of carbonyl (C=O) groups is 1. The molecule has 2 heterocycles. The fraction of sp³-hybridized carbons (Fsp3) is 0.273. The summed E-state index contributed by atoms with van der Waals surface area (Å²) in [5, 5.41) is 1.67. The number of morpholine rings is 1. The van der Waals surface area contributed by atoms with E-state index in [2.05, 4.69) is 4.98 Å². The number of carbonyl (C=O) groups excluding carboxylic acids is 1. The van der Waals surface area contributed by atoms with Crippen LogP contribution in [0.3, 0.4) is 0 Å². The third kappa shape index (κ3) is 4.11. The summed E-state index contributed by atoms with van der Waals surface area (Å²) in [5.41, 5.74) is 2.43. The summed E-state index contributed by atoms with van der Waals surface area (Å²) in [4.78, 5) is 19.1. The maximum absolute atomic E-state index is 12.9. The molecule has 1 aliphatic heterocycles. The van der Waals surface area contributed by atoms with Crippen LogP contribution in [0, 0.1) is 6.92 Å². The van der Waals surface area contributed by atoms with Gasteiger partial charge in [-0.15, -0.1) is 0 Å². The normalized spacial score (nSPS) is 16.9. The predicted octanol–water partition coefficient (Wildman–Crippen LogP) is 4.12. The number of halogens is 1. The van der Waals surface area contributed by atoms with Crippen LogP contribution in [0.1, 0.15) is 15.9 Å². The number of aromatic nitrogens is 1. The SMILES string of the molecule is Cc1cc(OCC2CN(C(=O)c3cnc4ccccc4c3)CCO2)ccc1Cl. The van der Waals surface area contributed by atoms with E-state index in [1.54, 1.807) is 11.1 Å². The van der Waals surface area contributed by atoms with Crippen molar-refractivity contribution in [3.8, 4) is 5.75 Å². The minimum absolute atomic E-state index is 0.0334. The third-order valence-electron chi connectivity index (χ3n) is 4.83. The Morgan fingerprint density at radius 2 is 2.14 bits per heavy atom. The van der Waals surface area contributed by atoms with Gasteiger partial charge in [0.2, 0.25) is 0 Å². The lowest BCUT2D eigenvalue weighted by Crippen LogP contribution is -2.47. The van der Waals surface area contributed by atoms with Gasteiger partial charge in [-0.2, -0.15) is 0 Å². The lowest BCUT2D eigenvalue weighted by Gasteiger charge is -2.33. The third-order valence-corrected chi connectivity index (χ3v) is 5.25. The summed E-state index contributed by atoms with van der Waals surface area (Å²) in [5.74, 6) is 0.710. The number of hydrogen-bond donors (Lipinski definition) is 0. The van der Waals surface area contributed by atoms with Gasteiger partial charge in [0, 0.05) is 23.2 Å². The van der Waals surface area contributed by atoms with Crippen LogP contribution in [0.4, 0.5) is 0 Å². The van der Waals surface area contributed by atoms with Crippen molar-refractivity contribution in [1.82, 2.24) is 9.88 Å². The van der Waals surface area contributed by atoms with Gasteiger partial charge in [-0.05, 0) is 42.8 Å². The fourth-order valence-electron chi connectivity index (χ4n) is 3.27. The molecule has 1 unspecified atom stereocenters. The van der Waals surface area contributed by atoms with Gasteiger partial charge in [0.05, 0.1) is 24.2 Å². The highest BCUT2D eigenvalue weighted by atomic mass is 35.5. The molecule has 0 saturated carbocycles. The molecule has 0 bridgehead atoms. The van der Waals surface area contributed by atoms with Crippen LogP contribution in [-0.2, 0) is 4.74 Å². The van der Waals surface area contributed by atoms with Crippen LogP contribution in [0.2, 0.25) is 5.02 Å². The average molecular weight is 397 g/mol. The van der Waals surface area contributed by atoms with Crippen molar-refractivity contribution in [2.24, 2.45) is 0 Å². The molecular weight excluding hydrogens is 376 g/mol. The van der Waals surface area contributed by atoms with E-state index in [1.807, 2.05) is 55.5 Å². The maximum atomic E-state index is 12.9. The summed E-state index contributed by atoms with van der Waals surface area (Å²) in [6.07, 6.45) is 1.46. The molecule has 1 aliphatic rings. The Morgan fingerprint density at radius 1 is 1.29 bits per heavy atom. The number of pyridine rings is 1. The van der Waals surface area contributed by atoms with Crippen molar-refractivity contribution in [2.45, 2.75) is 13.0 Å². The fourth-order valence-corrected chi connectivity index (χ4v) is 3.39. The molecule has 144 valence electrons. The summed E-state index contributed by atoms with van der Waals surface area (Å²) in [6.45, 7) is 3.84. The van der Waals surface area contributed by atoms with Gasteiger partial charge in [0.1, 0.15) is 18.5 Å². The largest absolute Gasteiger partial charge is 0.491 e. The van der Waals surface area contributed by atoms with E-state index in [0.717, 1.165) is 22.2 Å². The molecule has 1 fully saturated rings. The van der Waals surface area contributed by atoms with Crippen molar-refractivity contribution in [1.29, 1.82) is 0 Å². The van der Waals surface area contributed by atoms with E-state index in [4.69, 9.17) is 21.1 Å². The highest BCUT2D eigenvalue weighted by Crippen LogP contribution is 2.22. The van der Waals surface area contributed by atoms with E-state index in [9.17, 15) is 4.79 Å². The second-order valence-corrected chi connectivity index (χ2v) is 7.29. The zero-order chi connectivity index (χ0) is 19.5. The Hall–Kier alpha value is -2.63. The summed E-state index contributed by atoms with van der Waals surface area (Å²) < 4.78 is 11.6. The second-order valence-electron chi connectivity index (χ2n) is 6.88. The topological polar surface area (TPSA) is 51.7 Å². The van der Waals surface area contributed by atoms with Gasteiger partial charge in [-0.3, -0.25) is 9.78 Å². The molecule has 5 nitrogen and oxygen atoms in total. The Bertz CT molecular complexity index is 1010. The number of fused-ring (bicyclic) bond motifs is 1. The van der Waals surface area contributed by atoms with Gasteiger partial charge in [-0.1, -0.05) is 29.8 Å². The number of aryl methyl sites for hydroxylation is 1. The number of nitrogens with zero attached hydrogens (tertiary/aromatic N) is 2. The van der Waals surface area contributed by atoms with Crippen molar-refractivity contribution in [2.75, 3.05) is 26.3 Å². The molecule has 4 rings (SSSR count). The van der Waals surface area contributed by atoms with Gasteiger partial charge < -0.3 is 14.4 Å². The van der Waals surface area contributed by atoms with E-state index in [1.165, 1.54) is 0 Å². The van der Waals surface area contributed by atoms with Gasteiger partial charge in [-0.25, -0.2) is 0 Å². The van der Waals surface area contributed by atoms with E-state index < -0.39 is 0 Å². The molecule has 1 aromatic heterocycles. The quantitative estimate of drug-likeness (QED) is 0.665. The van der Waals surface area contributed by atoms with Gasteiger partial charge in [0.25, 0.3) is 5.91 Å². The average Bonchev–Trinajstić information content (AvgIpc) is 2.74. The van der Waals surface area contributed by atoms with E-state index >= 15 is 0 Å². The minimum atomic E-state index is -0.179. The summed E-state index contributed by atoms with van der Waals surface area (Å²) >= 11 is 6.05. The molecule has 0 spiro atoms. The highest BCUT2D eigenvalue weighted by Gasteiger charge is 2.26. The number of hydrogen-bond acceptors (Lipinski definition) is 4. The van der Waals surface area contributed by atoms with Crippen molar-refractivity contribution >= 4 is 28.4 Å². The molecule has 1 atom stereocenters. The van der Waals surface area contributed by atoms with Crippen LogP contribution in [-0.4, -0.2) is 48.2 Å². The number of rotatable bonds is 4. The van der Waals surface area contributed by atoms with E-state index in [-0.39, 0.29) is 12.0 Å². The molecular formula is C22H21ClN2O3. The first-order valence-corrected chi connectivity index (χ1v) is 9.62. The molecule has 1 saturated heterocycles. The Labute approximate surface area is 168 Å². The van der Waals surface area contributed by atoms with Gasteiger partial charge >= 0.3 is 0 Å². The zero-order valence-electron chi connectivity index (χ0n) is 15.6. The van der Waals surface area contributed by atoms with Crippen LogP contribution in [0.15, 0.2) is 54.7 Å². The van der Waals surface area contributed by atoms with Crippen LogP contribution in [0.25, 0.3) is 10.9 Å². The number of amides is 1. The lowest BCUT2D eigenvalue weighted by molar-refractivity contribution is -0.0401. The van der Waals surface area contributed by atoms with Crippen LogP contribution in [0.5, 0.6) is 5.75 Å². The molecule has 0 aliphatic carbocycles. The molecule has 2 aromatic carbocycles. The van der Waals surface area contributed by atoms with E-state index in [0.29, 0.717) is 36.9 Å². The van der Waals surface area contributed by atoms with Crippen molar-refractivity contribution < 1.29 is 14.3 Å². The number of benzene rings is 2. The highest BCUT2D eigenvalue weighted by molar-refractivity contribution is 6.31. The monoisotopic (exact) mass is 396 g/mol. The Morgan fingerprint density at radius 3 is 3.00 bits per heavy atom. The molecule has 28 heavy (non-hydrogen) atoms. The molecule has 1 amide bonds. The van der Waals surface area contributed by atoms with Gasteiger partial charge in [0.15, 0.2) is 0 Å². The first kappa shape index (κ1) is 18.7. The zero-order valence-corrected chi connectivity index (χ0v) is 16.4. The lowest BCUT2D eigenvalue weighted by atomic mass is 10.1. The Balaban J connectivity index is 1.40. The van der Waals surface area contributed by atoms with Crippen LogP contribution >= 0.6 is 11.6 Å². The molecule has 0 radical (unpaired) electrons. The molecule has 0 N–H and O–H groups in total. The maximum Gasteiger partial charge on any atom is 0.255 e. The number of ether oxygens (including phenoxy) is 2. The Kier molecular flexibility index (Phi) is 5.46. The standard InChI is InChI=1S/C22H21ClN2O3/c1-15-10-18(6-7-20(15)23)28-14-19-13-25(8-9-27-19)22(26)17-11-16-4-2-3-5-21(16)24-12-17/h2-7,10-12,19H,8-9,13-14H2,1H3.